The van der Waals surface area contributed by atoms with Crippen LogP contribution in [-0.4, -0.2) is 42.0 Å². The molecule has 0 aliphatic carbocycles. The Kier molecular flexibility index (Phi) is 5.72. The Balaban J connectivity index is 1.44. The summed E-state index contributed by atoms with van der Waals surface area (Å²) in [5, 5.41) is 2.89. The van der Waals surface area contributed by atoms with E-state index in [9.17, 15) is 9.59 Å². The Morgan fingerprint density at radius 2 is 1.89 bits per heavy atom. The monoisotopic (exact) mass is 378 g/mol. The summed E-state index contributed by atoms with van der Waals surface area (Å²) in [4.78, 5) is 27.4. The number of carbonyl (C=O) groups excluding carboxylic acids is 2. The molecule has 2 aromatic rings. The zero-order chi connectivity index (χ0) is 19.3. The van der Waals surface area contributed by atoms with Gasteiger partial charge in [-0.25, -0.2) is 0 Å². The van der Waals surface area contributed by atoms with Gasteiger partial charge in [-0.15, -0.1) is 0 Å². The third-order valence-corrected chi connectivity index (χ3v) is 5.55. The van der Waals surface area contributed by atoms with E-state index in [1.807, 2.05) is 41.3 Å². The second-order valence-corrected chi connectivity index (χ2v) is 7.56. The molecule has 2 aliphatic rings. The molecule has 146 valence electrons. The van der Waals surface area contributed by atoms with E-state index in [0.29, 0.717) is 17.9 Å². The lowest BCUT2D eigenvalue weighted by Crippen LogP contribution is -2.36. The minimum Gasteiger partial charge on any atom is -0.368 e. The van der Waals surface area contributed by atoms with Crippen molar-refractivity contribution < 1.29 is 14.3 Å². The highest BCUT2D eigenvalue weighted by Gasteiger charge is 2.30. The Hall–Kier alpha value is -2.66. The van der Waals surface area contributed by atoms with Crippen molar-refractivity contribution in [3.8, 4) is 0 Å². The SMILES string of the molecule is O=C(Nc1cccc(C(=O)N2CCC[C@H]2Cc2ccccc2)c1)[C@H]1CCCO1. The van der Waals surface area contributed by atoms with Gasteiger partial charge in [0, 0.05) is 30.4 Å². The topological polar surface area (TPSA) is 58.6 Å². The number of rotatable bonds is 5. The third kappa shape index (κ3) is 4.25. The summed E-state index contributed by atoms with van der Waals surface area (Å²) in [5.41, 5.74) is 2.51. The van der Waals surface area contributed by atoms with Crippen molar-refractivity contribution in [3.05, 3.63) is 65.7 Å². The minimum absolute atomic E-state index is 0.0339. The van der Waals surface area contributed by atoms with Gasteiger partial charge in [-0.2, -0.15) is 0 Å². The van der Waals surface area contributed by atoms with Gasteiger partial charge < -0.3 is 15.0 Å². The number of hydrogen-bond acceptors (Lipinski definition) is 3. The molecule has 0 bridgehead atoms. The van der Waals surface area contributed by atoms with Gasteiger partial charge in [-0.3, -0.25) is 9.59 Å². The molecule has 0 spiro atoms. The lowest BCUT2D eigenvalue weighted by Gasteiger charge is -2.25. The molecular formula is C23H26N2O3. The second kappa shape index (κ2) is 8.57. The van der Waals surface area contributed by atoms with Crippen LogP contribution >= 0.6 is 0 Å². The van der Waals surface area contributed by atoms with E-state index >= 15 is 0 Å². The van der Waals surface area contributed by atoms with Crippen LogP contribution in [0.2, 0.25) is 0 Å². The van der Waals surface area contributed by atoms with Crippen molar-refractivity contribution >= 4 is 17.5 Å². The maximum absolute atomic E-state index is 13.1. The van der Waals surface area contributed by atoms with Crippen LogP contribution in [0.15, 0.2) is 54.6 Å². The Labute approximate surface area is 165 Å². The Bertz CT molecular complexity index is 831. The van der Waals surface area contributed by atoms with Gasteiger partial charge in [0.05, 0.1) is 0 Å². The summed E-state index contributed by atoms with van der Waals surface area (Å²) in [6.45, 7) is 1.41. The fraction of sp³-hybridized carbons (Fsp3) is 0.391. The molecule has 2 saturated heterocycles. The number of carbonyl (C=O) groups is 2. The van der Waals surface area contributed by atoms with E-state index < -0.39 is 0 Å². The lowest BCUT2D eigenvalue weighted by atomic mass is 10.0. The molecule has 5 heteroatoms. The zero-order valence-corrected chi connectivity index (χ0v) is 16.0. The van der Waals surface area contributed by atoms with Crippen molar-refractivity contribution in [1.29, 1.82) is 0 Å². The molecule has 28 heavy (non-hydrogen) atoms. The summed E-state index contributed by atoms with van der Waals surface area (Å²) in [5.74, 6) is -0.100. The van der Waals surface area contributed by atoms with E-state index in [1.165, 1.54) is 5.56 Å². The fourth-order valence-electron chi connectivity index (χ4n) is 4.10. The minimum atomic E-state index is -0.381. The van der Waals surface area contributed by atoms with E-state index in [4.69, 9.17) is 4.74 Å². The van der Waals surface area contributed by atoms with Crippen LogP contribution in [0.3, 0.4) is 0 Å². The number of amides is 2. The van der Waals surface area contributed by atoms with E-state index in [0.717, 1.165) is 38.6 Å². The van der Waals surface area contributed by atoms with Gasteiger partial charge in [0.25, 0.3) is 11.8 Å². The third-order valence-electron chi connectivity index (χ3n) is 5.55. The predicted molar refractivity (Wildman–Crippen MR) is 108 cm³/mol. The molecule has 0 aromatic heterocycles. The smallest absolute Gasteiger partial charge is 0.254 e. The standard InChI is InChI=1S/C23H26N2O3/c26-22(21-12-6-14-28-21)24-19-10-4-9-18(16-19)23(27)25-13-5-11-20(25)15-17-7-2-1-3-8-17/h1-4,7-10,16,20-21H,5-6,11-15H2,(H,24,26)/t20-,21+/m0/s1. The van der Waals surface area contributed by atoms with Crippen LogP contribution in [-0.2, 0) is 16.0 Å². The number of benzene rings is 2. The molecule has 0 unspecified atom stereocenters. The Morgan fingerprint density at radius 3 is 2.68 bits per heavy atom. The van der Waals surface area contributed by atoms with Crippen molar-refractivity contribution in [2.45, 2.75) is 44.2 Å². The molecule has 2 fully saturated rings. The Morgan fingerprint density at radius 1 is 1.04 bits per heavy atom. The average Bonchev–Trinajstić information content (AvgIpc) is 3.41. The van der Waals surface area contributed by atoms with E-state index in [-0.39, 0.29) is 24.0 Å². The fourth-order valence-corrected chi connectivity index (χ4v) is 4.10. The first-order chi connectivity index (χ1) is 13.7. The number of likely N-dealkylation sites (tertiary alicyclic amines) is 1. The number of ether oxygens (including phenoxy) is 1. The van der Waals surface area contributed by atoms with Crippen LogP contribution in [0, 0.1) is 0 Å². The molecule has 4 rings (SSSR count). The van der Waals surface area contributed by atoms with Crippen molar-refractivity contribution in [1.82, 2.24) is 4.90 Å². The van der Waals surface area contributed by atoms with Crippen LogP contribution in [0.4, 0.5) is 5.69 Å². The van der Waals surface area contributed by atoms with Crippen molar-refractivity contribution in [3.63, 3.8) is 0 Å². The van der Waals surface area contributed by atoms with Gasteiger partial charge in [-0.05, 0) is 55.9 Å². The number of nitrogens with one attached hydrogen (secondary N) is 1. The highest BCUT2D eigenvalue weighted by atomic mass is 16.5. The first-order valence-electron chi connectivity index (χ1n) is 10.1. The maximum atomic E-state index is 13.1. The van der Waals surface area contributed by atoms with Crippen molar-refractivity contribution in [2.24, 2.45) is 0 Å². The normalized spacial score (nSPS) is 21.6. The largest absolute Gasteiger partial charge is 0.368 e. The van der Waals surface area contributed by atoms with Crippen LogP contribution in [0.5, 0.6) is 0 Å². The predicted octanol–water partition coefficient (Wildman–Crippen LogP) is 3.65. The molecule has 2 aliphatic heterocycles. The molecule has 2 amide bonds. The lowest BCUT2D eigenvalue weighted by molar-refractivity contribution is -0.124. The molecule has 2 heterocycles. The molecule has 5 nitrogen and oxygen atoms in total. The van der Waals surface area contributed by atoms with Gasteiger partial charge in [0.1, 0.15) is 6.10 Å². The second-order valence-electron chi connectivity index (χ2n) is 7.56. The molecule has 2 atom stereocenters. The average molecular weight is 378 g/mol. The van der Waals surface area contributed by atoms with E-state index in [2.05, 4.69) is 17.4 Å². The molecule has 1 N–H and O–H groups in total. The van der Waals surface area contributed by atoms with Gasteiger partial charge in [-0.1, -0.05) is 36.4 Å². The first-order valence-corrected chi connectivity index (χ1v) is 10.1. The van der Waals surface area contributed by atoms with Crippen LogP contribution in [0.25, 0.3) is 0 Å². The summed E-state index contributed by atoms with van der Waals surface area (Å²) in [6, 6.07) is 17.8. The maximum Gasteiger partial charge on any atom is 0.254 e. The highest BCUT2D eigenvalue weighted by molar-refractivity contribution is 5.98. The summed E-state index contributed by atoms with van der Waals surface area (Å²) < 4.78 is 5.43. The van der Waals surface area contributed by atoms with Gasteiger partial charge in [0.2, 0.25) is 0 Å². The van der Waals surface area contributed by atoms with Crippen LogP contribution < -0.4 is 5.32 Å². The summed E-state index contributed by atoms with van der Waals surface area (Å²) in [7, 11) is 0. The quantitative estimate of drug-likeness (QED) is 0.864. The molecule has 0 saturated carbocycles. The van der Waals surface area contributed by atoms with Crippen molar-refractivity contribution in [2.75, 3.05) is 18.5 Å². The summed E-state index contributed by atoms with van der Waals surface area (Å²) in [6.07, 6.45) is 4.21. The van der Waals surface area contributed by atoms with Gasteiger partial charge >= 0.3 is 0 Å². The number of nitrogens with zero attached hydrogens (tertiary/aromatic N) is 1. The summed E-state index contributed by atoms with van der Waals surface area (Å²) >= 11 is 0. The molecule has 2 aromatic carbocycles. The number of hydrogen-bond donors (Lipinski definition) is 1. The molecule has 0 radical (unpaired) electrons. The molecular weight excluding hydrogens is 352 g/mol. The van der Waals surface area contributed by atoms with Crippen LogP contribution in [0.1, 0.15) is 41.6 Å². The van der Waals surface area contributed by atoms with E-state index in [1.54, 1.807) is 6.07 Å². The van der Waals surface area contributed by atoms with Gasteiger partial charge in [0.15, 0.2) is 0 Å². The number of anilines is 1. The highest BCUT2D eigenvalue weighted by Crippen LogP contribution is 2.24. The zero-order valence-electron chi connectivity index (χ0n) is 16.0. The first kappa shape index (κ1) is 18.7.